The first-order valence-electron chi connectivity index (χ1n) is 5.00. The van der Waals surface area contributed by atoms with Gasteiger partial charge in [0.15, 0.2) is 0 Å². The third-order valence-electron chi connectivity index (χ3n) is 2.77. The van der Waals surface area contributed by atoms with Gasteiger partial charge in [-0.15, -0.1) is 0 Å². The Hall–Kier alpha value is -1.57. The highest BCUT2D eigenvalue weighted by atomic mass is 16.2. The van der Waals surface area contributed by atoms with Gasteiger partial charge in [0.25, 0.3) is 0 Å². The first kappa shape index (κ1) is 11.5. The maximum absolute atomic E-state index is 11.2. The van der Waals surface area contributed by atoms with E-state index in [0.29, 0.717) is 6.54 Å². The van der Waals surface area contributed by atoms with Gasteiger partial charge in [-0.05, 0) is 18.3 Å². The zero-order valence-corrected chi connectivity index (χ0v) is 8.80. The summed E-state index contributed by atoms with van der Waals surface area (Å²) in [5.41, 5.74) is 0.158. The fraction of sp³-hybridized carbons (Fsp3) is 0.700. The lowest BCUT2D eigenvalue weighted by Crippen LogP contribution is -2.45. The van der Waals surface area contributed by atoms with Gasteiger partial charge in [-0.2, -0.15) is 5.26 Å². The summed E-state index contributed by atoms with van der Waals surface area (Å²) in [6.07, 6.45) is 3.37. The fourth-order valence-electron chi connectivity index (χ4n) is 1.53. The van der Waals surface area contributed by atoms with Crippen LogP contribution < -0.4 is 10.6 Å². The molecule has 0 aromatic rings. The molecule has 0 heterocycles. The van der Waals surface area contributed by atoms with Crippen molar-refractivity contribution in [1.29, 1.82) is 5.26 Å². The second-order valence-electron chi connectivity index (χ2n) is 4.19. The van der Waals surface area contributed by atoms with E-state index in [1.54, 1.807) is 6.07 Å². The van der Waals surface area contributed by atoms with Gasteiger partial charge in [-0.25, -0.2) is 0 Å². The average Bonchev–Trinajstić information content (AvgIpc) is 2.19. The lowest BCUT2D eigenvalue weighted by molar-refractivity contribution is -0.139. The zero-order valence-electron chi connectivity index (χ0n) is 8.80. The summed E-state index contributed by atoms with van der Waals surface area (Å²) in [5, 5.41) is 13.0. The summed E-state index contributed by atoms with van der Waals surface area (Å²) in [4.78, 5) is 22.3. The van der Waals surface area contributed by atoms with Gasteiger partial charge < -0.3 is 10.6 Å². The van der Waals surface area contributed by atoms with E-state index in [9.17, 15) is 9.59 Å². The van der Waals surface area contributed by atoms with Gasteiger partial charge in [0, 0.05) is 6.54 Å². The number of nitriles is 1. The summed E-state index contributed by atoms with van der Waals surface area (Å²) in [7, 11) is 0. The maximum atomic E-state index is 11.2. The lowest BCUT2D eigenvalue weighted by atomic mass is 9.70. The first-order valence-corrected chi connectivity index (χ1v) is 5.00. The molecule has 0 atom stereocenters. The molecule has 0 aromatic carbocycles. The van der Waals surface area contributed by atoms with E-state index in [1.165, 1.54) is 6.42 Å². The SMILES string of the molecule is CC1(CNC(=O)C(=O)NCC#N)CCC1. The molecule has 1 fully saturated rings. The van der Waals surface area contributed by atoms with Crippen LogP contribution in [0.25, 0.3) is 0 Å². The molecule has 0 saturated heterocycles. The van der Waals surface area contributed by atoms with Crippen LogP contribution in [0.3, 0.4) is 0 Å². The fourth-order valence-corrected chi connectivity index (χ4v) is 1.53. The monoisotopic (exact) mass is 209 g/mol. The number of hydrogen-bond donors (Lipinski definition) is 2. The molecule has 0 spiro atoms. The number of hydrogen-bond acceptors (Lipinski definition) is 3. The number of nitrogens with one attached hydrogen (secondary N) is 2. The molecule has 1 saturated carbocycles. The molecule has 1 rings (SSSR count). The standard InChI is InChI=1S/C10H15N3O2/c1-10(3-2-4-10)7-13-9(15)8(14)12-6-5-11/h2-4,6-7H2,1H3,(H,12,14)(H,13,15). The number of nitrogens with zero attached hydrogens (tertiary/aromatic N) is 1. The molecule has 5 nitrogen and oxygen atoms in total. The van der Waals surface area contributed by atoms with E-state index < -0.39 is 11.8 Å². The minimum Gasteiger partial charge on any atom is -0.347 e. The summed E-state index contributed by atoms with van der Waals surface area (Å²) < 4.78 is 0. The molecule has 2 N–H and O–H groups in total. The van der Waals surface area contributed by atoms with Crippen molar-refractivity contribution in [2.24, 2.45) is 5.41 Å². The molecule has 15 heavy (non-hydrogen) atoms. The average molecular weight is 209 g/mol. The molecule has 1 aliphatic carbocycles. The second kappa shape index (κ2) is 4.78. The molecule has 0 unspecified atom stereocenters. The predicted molar refractivity (Wildman–Crippen MR) is 53.6 cm³/mol. The Balaban J connectivity index is 2.23. The van der Waals surface area contributed by atoms with Crippen LogP contribution in [0.15, 0.2) is 0 Å². The molecular weight excluding hydrogens is 194 g/mol. The van der Waals surface area contributed by atoms with E-state index in [2.05, 4.69) is 17.6 Å². The minimum absolute atomic E-state index is 0.135. The van der Waals surface area contributed by atoms with E-state index in [0.717, 1.165) is 12.8 Å². The Bertz CT molecular complexity index is 302. The molecule has 5 heteroatoms. The molecule has 1 aliphatic rings. The van der Waals surface area contributed by atoms with E-state index in [-0.39, 0.29) is 12.0 Å². The molecule has 0 radical (unpaired) electrons. The van der Waals surface area contributed by atoms with Gasteiger partial charge >= 0.3 is 11.8 Å². The zero-order chi connectivity index (χ0) is 11.3. The van der Waals surface area contributed by atoms with Crippen LogP contribution in [0.5, 0.6) is 0 Å². The Kier molecular flexibility index (Phi) is 3.67. The van der Waals surface area contributed by atoms with Gasteiger partial charge in [-0.1, -0.05) is 13.3 Å². The topological polar surface area (TPSA) is 82.0 Å². The van der Waals surface area contributed by atoms with Gasteiger partial charge in [0.1, 0.15) is 6.54 Å². The molecule has 0 aromatic heterocycles. The van der Waals surface area contributed by atoms with Crippen LogP contribution in [0.1, 0.15) is 26.2 Å². The molecule has 82 valence electrons. The molecule has 2 amide bonds. The van der Waals surface area contributed by atoms with Crippen molar-refractivity contribution in [2.75, 3.05) is 13.1 Å². The Morgan fingerprint density at radius 2 is 1.93 bits per heavy atom. The Morgan fingerprint density at radius 1 is 1.33 bits per heavy atom. The number of carbonyl (C=O) groups excluding carboxylic acids is 2. The van der Waals surface area contributed by atoms with Gasteiger partial charge in [0.05, 0.1) is 6.07 Å². The smallest absolute Gasteiger partial charge is 0.310 e. The highest BCUT2D eigenvalue weighted by molar-refractivity contribution is 6.35. The normalized spacial score (nSPS) is 17.1. The van der Waals surface area contributed by atoms with E-state index >= 15 is 0 Å². The van der Waals surface area contributed by atoms with Crippen LogP contribution in [0, 0.1) is 16.7 Å². The third-order valence-corrected chi connectivity index (χ3v) is 2.77. The predicted octanol–water partition coefficient (Wildman–Crippen LogP) is -0.0674. The summed E-state index contributed by atoms with van der Waals surface area (Å²) >= 11 is 0. The lowest BCUT2D eigenvalue weighted by Gasteiger charge is -2.38. The third kappa shape index (κ3) is 3.24. The van der Waals surface area contributed by atoms with Crippen molar-refractivity contribution in [1.82, 2.24) is 10.6 Å². The van der Waals surface area contributed by atoms with Crippen molar-refractivity contribution in [3.63, 3.8) is 0 Å². The van der Waals surface area contributed by atoms with Gasteiger partial charge in [-0.3, -0.25) is 9.59 Å². The summed E-state index contributed by atoms with van der Waals surface area (Å²) in [5.74, 6) is -1.39. The van der Waals surface area contributed by atoms with Crippen molar-refractivity contribution < 1.29 is 9.59 Å². The second-order valence-corrected chi connectivity index (χ2v) is 4.19. The maximum Gasteiger partial charge on any atom is 0.310 e. The largest absolute Gasteiger partial charge is 0.347 e. The molecular formula is C10H15N3O2. The van der Waals surface area contributed by atoms with Crippen molar-refractivity contribution >= 4 is 11.8 Å². The van der Waals surface area contributed by atoms with Crippen LogP contribution in [-0.2, 0) is 9.59 Å². The number of carbonyl (C=O) groups is 2. The Morgan fingerprint density at radius 3 is 2.40 bits per heavy atom. The van der Waals surface area contributed by atoms with Crippen LogP contribution in [0.2, 0.25) is 0 Å². The number of rotatable bonds is 3. The summed E-state index contributed by atoms with van der Waals surface area (Å²) in [6.45, 7) is 2.49. The number of amides is 2. The quantitative estimate of drug-likeness (QED) is 0.504. The van der Waals surface area contributed by atoms with Crippen molar-refractivity contribution in [3.05, 3.63) is 0 Å². The van der Waals surface area contributed by atoms with Crippen molar-refractivity contribution in [3.8, 4) is 6.07 Å². The van der Waals surface area contributed by atoms with Crippen LogP contribution >= 0.6 is 0 Å². The highest BCUT2D eigenvalue weighted by Gasteiger charge is 2.32. The highest BCUT2D eigenvalue weighted by Crippen LogP contribution is 2.39. The van der Waals surface area contributed by atoms with E-state index in [1.807, 2.05) is 0 Å². The molecule has 0 bridgehead atoms. The minimum atomic E-state index is -0.737. The molecule has 0 aliphatic heterocycles. The van der Waals surface area contributed by atoms with Gasteiger partial charge in [0.2, 0.25) is 0 Å². The van der Waals surface area contributed by atoms with Crippen molar-refractivity contribution in [2.45, 2.75) is 26.2 Å². The van der Waals surface area contributed by atoms with E-state index in [4.69, 9.17) is 5.26 Å². The van der Waals surface area contributed by atoms with Crippen LogP contribution in [-0.4, -0.2) is 24.9 Å². The van der Waals surface area contributed by atoms with Crippen LogP contribution in [0.4, 0.5) is 0 Å². The summed E-state index contributed by atoms with van der Waals surface area (Å²) in [6, 6.07) is 1.74. The Labute approximate surface area is 88.8 Å². The first-order chi connectivity index (χ1) is 7.07.